The average molecular weight is 165 g/mol. The van der Waals surface area contributed by atoms with Crippen LogP contribution in [0.2, 0.25) is 0 Å². The Bertz CT molecular complexity index is 270. The maximum Gasteiger partial charge on any atom is 0.248 e. The highest BCUT2D eigenvalue weighted by Gasteiger charge is 2.38. The van der Waals surface area contributed by atoms with Gasteiger partial charge in [-0.25, -0.2) is 0 Å². The summed E-state index contributed by atoms with van der Waals surface area (Å²) in [5.74, 6) is -0.0822. The maximum absolute atomic E-state index is 11.2. The molecule has 12 heavy (non-hydrogen) atoms. The Morgan fingerprint density at radius 1 is 1.50 bits per heavy atom. The van der Waals surface area contributed by atoms with Crippen LogP contribution >= 0.6 is 0 Å². The van der Waals surface area contributed by atoms with Gasteiger partial charge in [0, 0.05) is 19.0 Å². The third kappa shape index (κ3) is 0.975. The number of amides is 1. The van der Waals surface area contributed by atoms with E-state index in [1.165, 1.54) is 11.0 Å². The van der Waals surface area contributed by atoms with E-state index in [0.717, 1.165) is 6.42 Å². The van der Waals surface area contributed by atoms with Crippen LogP contribution in [-0.2, 0) is 4.79 Å². The molecular weight excluding hydrogens is 154 g/mol. The van der Waals surface area contributed by atoms with Crippen molar-refractivity contribution in [3.8, 4) is 0 Å². The molecule has 0 saturated carbocycles. The standard InChI is InChI=1S/C9H11NO2/c11-8-4-6-9(12)5-2-1-3-7-10(8)9/h1-2,4,6,12H,3,5,7H2. The molecule has 0 saturated heterocycles. The maximum atomic E-state index is 11.2. The van der Waals surface area contributed by atoms with Gasteiger partial charge in [-0.3, -0.25) is 4.79 Å². The molecular formula is C9H11NO2. The first-order valence-corrected chi connectivity index (χ1v) is 4.11. The second-order valence-electron chi connectivity index (χ2n) is 3.17. The second kappa shape index (κ2) is 2.45. The fourth-order valence-corrected chi connectivity index (χ4v) is 1.64. The zero-order chi connectivity index (χ0) is 8.60. The summed E-state index contributed by atoms with van der Waals surface area (Å²) in [5, 5.41) is 9.93. The lowest BCUT2D eigenvalue weighted by atomic mass is 10.1. The Kier molecular flexibility index (Phi) is 1.54. The molecule has 1 atom stereocenters. The van der Waals surface area contributed by atoms with Gasteiger partial charge in [-0.15, -0.1) is 0 Å². The van der Waals surface area contributed by atoms with Crippen LogP contribution in [0.3, 0.4) is 0 Å². The first-order valence-electron chi connectivity index (χ1n) is 4.11. The van der Waals surface area contributed by atoms with Crippen molar-refractivity contribution in [2.75, 3.05) is 6.54 Å². The zero-order valence-corrected chi connectivity index (χ0v) is 6.73. The SMILES string of the molecule is O=C1C=CC2(O)CC=CCCN12. The first-order chi connectivity index (χ1) is 5.72. The first kappa shape index (κ1) is 7.55. The molecule has 0 aliphatic carbocycles. The van der Waals surface area contributed by atoms with E-state index in [0.29, 0.717) is 13.0 Å². The number of fused-ring (bicyclic) bond motifs is 1. The second-order valence-corrected chi connectivity index (χ2v) is 3.17. The number of hydrogen-bond acceptors (Lipinski definition) is 2. The largest absolute Gasteiger partial charge is 0.367 e. The van der Waals surface area contributed by atoms with Crippen LogP contribution in [0, 0.1) is 0 Å². The van der Waals surface area contributed by atoms with Gasteiger partial charge < -0.3 is 10.0 Å². The van der Waals surface area contributed by atoms with Gasteiger partial charge in [-0.2, -0.15) is 0 Å². The smallest absolute Gasteiger partial charge is 0.248 e. The highest BCUT2D eigenvalue weighted by molar-refractivity contribution is 5.91. The van der Waals surface area contributed by atoms with Crippen molar-refractivity contribution in [3.05, 3.63) is 24.3 Å². The summed E-state index contributed by atoms with van der Waals surface area (Å²) in [6, 6.07) is 0. The van der Waals surface area contributed by atoms with E-state index < -0.39 is 5.72 Å². The van der Waals surface area contributed by atoms with E-state index in [1.54, 1.807) is 6.08 Å². The molecule has 64 valence electrons. The molecule has 0 bridgehead atoms. The zero-order valence-electron chi connectivity index (χ0n) is 6.73. The molecule has 0 aromatic carbocycles. The predicted octanol–water partition coefficient (Wildman–Crippen LogP) is 0.423. The van der Waals surface area contributed by atoms with Crippen LogP contribution in [0.15, 0.2) is 24.3 Å². The van der Waals surface area contributed by atoms with Gasteiger partial charge in [0.2, 0.25) is 5.91 Å². The highest BCUT2D eigenvalue weighted by Crippen LogP contribution is 2.27. The molecule has 1 N–H and O–H groups in total. The van der Waals surface area contributed by atoms with Gasteiger partial charge in [-0.1, -0.05) is 12.2 Å². The predicted molar refractivity (Wildman–Crippen MR) is 44.2 cm³/mol. The fraction of sp³-hybridized carbons (Fsp3) is 0.444. The van der Waals surface area contributed by atoms with Crippen molar-refractivity contribution in [2.45, 2.75) is 18.6 Å². The number of aliphatic hydroxyl groups is 1. The molecule has 2 aliphatic heterocycles. The summed E-state index contributed by atoms with van der Waals surface area (Å²) in [5.41, 5.74) is -1.04. The van der Waals surface area contributed by atoms with Crippen molar-refractivity contribution >= 4 is 5.91 Å². The van der Waals surface area contributed by atoms with Gasteiger partial charge in [0.15, 0.2) is 5.72 Å². The van der Waals surface area contributed by atoms with Crippen LogP contribution in [-0.4, -0.2) is 28.2 Å². The lowest BCUT2D eigenvalue weighted by molar-refractivity contribution is -0.140. The fourth-order valence-electron chi connectivity index (χ4n) is 1.64. The molecule has 0 aromatic rings. The van der Waals surface area contributed by atoms with E-state index in [1.807, 2.05) is 12.2 Å². The minimum atomic E-state index is -1.04. The number of nitrogens with zero attached hydrogens (tertiary/aromatic N) is 1. The number of hydrogen-bond donors (Lipinski definition) is 1. The van der Waals surface area contributed by atoms with Crippen LogP contribution in [0.1, 0.15) is 12.8 Å². The molecule has 1 amide bonds. The van der Waals surface area contributed by atoms with Gasteiger partial charge in [0.25, 0.3) is 0 Å². The number of carbonyl (C=O) groups excluding carboxylic acids is 1. The monoisotopic (exact) mass is 165 g/mol. The van der Waals surface area contributed by atoms with Crippen LogP contribution in [0.4, 0.5) is 0 Å². The van der Waals surface area contributed by atoms with Crippen LogP contribution in [0.25, 0.3) is 0 Å². The quantitative estimate of drug-likeness (QED) is 0.528. The molecule has 0 spiro atoms. The molecule has 3 nitrogen and oxygen atoms in total. The van der Waals surface area contributed by atoms with Gasteiger partial charge in [-0.05, 0) is 12.5 Å². The Balaban J connectivity index is 2.30. The average Bonchev–Trinajstić information content (AvgIpc) is 2.24. The van der Waals surface area contributed by atoms with Crippen molar-refractivity contribution in [1.82, 2.24) is 4.90 Å². The van der Waals surface area contributed by atoms with Crippen LogP contribution < -0.4 is 0 Å². The minimum Gasteiger partial charge on any atom is -0.367 e. The summed E-state index contributed by atoms with van der Waals surface area (Å²) in [7, 11) is 0. The van der Waals surface area contributed by atoms with E-state index in [4.69, 9.17) is 0 Å². The lowest BCUT2D eigenvalue weighted by Crippen LogP contribution is -2.45. The Morgan fingerprint density at radius 3 is 3.17 bits per heavy atom. The van der Waals surface area contributed by atoms with Crippen molar-refractivity contribution in [3.63, 3.8) is 0 Å². The molecule has 2 heterocycles. The molecule has 0 fully saturated rings. The molecule has 1 unspecified atom stereocenters. The lowest BCUT2D eigenvalue weighted by Gasteiger charge is -2.30. The van der Waals surface area contributed by atoms with E-state index in [-0.39, 0.29) is 5.91 Å². The summed E-state index contributed by atoms with van der Waals surface area (Å²) >= 11 is 0. The third-order valence-electron chi connectivity index (χ3n) is 2.33. The summed E-state index contributed by atoms with van der Waals surface area (Å²) < 4.78 is 0. The van der Waals surface area contributed by atoms with Crippen molar-refractivity contribution in [2.24, 2.45) is 0 Å². The molecule has 2 aliphatic rings. The normalized spacial score (nSPS) is 33.8. The summed E-state index contributed by atoms with van der Waals surface area (Å²) in [6.45, 7) is 0.610. The van der Waals surface area contributed by atoms with E-state index in [2.05, 4.69) is 0 Å². The molecule has 2 rings (SSSR count). The minimum absolute atomic E-state index is 0.0822. The summed E-state index contributed by atoms with van der Waals surface area (Å²) in [4.78, 5) is 12.7. The van der Waals surface area contributed by atoms with Gasteiger partial charge >= 0.3 is 0 Å². The Hall–Kier alpha value is -1.09. The van der Waals surface area contributed by atoms with Crippen molar-refractivity contribution in [1.29, 1.82) is 0 Å². The Labute approximate surface area is 71.0 Å². The number of rotatable bonds is 0. The van der Waals surface area contributed by atoms with Crippen molar-refractivity contribution < 1.29 is 9.90 Å². The highest BCUT2D eigenvalue weighted by atomic mass is 16.3. The number of carbonyl (C=O) groups is 1. The van der Waals surface area contributed by atoms with E-state index in [9.17, 15) is 9.90 Å². The topological polar surface area (TPSA) is 40.5 Å². The van der Waals surface area contributed by atoms with Gasteiger partial charge in [0.1, 0.15) is 0 Å². The summed E-state index contributed by atoms with van der Waals surface area (Å²) in [6.07, 6.45) is 8.27. The van der Waals surface area contributed by atoms with Gasteiger partial charge in [0.05, 0.1) is 0 Å². The third-order valence-corrected chi connectivity index (χ3v) is 2.33. The van der Waals surface area contributed by atoms with E-state index >= 15 is 0 Å². The Morgan fingerprint density at radius 2 is 2.33 bits per heavy atom. The molecule has 0 aromatic heterocycles. The van der Waals surface area contributed by atoms with Crippen LogP contribution in [0.5, 0.6) is 0 Å². The molecule has 0 radical (unpaired) electrons. The molecule has 3 heteroatoms.